The Balaban J connectivity index is 4.95. The Bertz CT molecular complexity index is 138. The Morgan fingerprint density at radius 3 is 1.08 bits per heavy atom. The van der Waals surface area contributed by atoms with Crippen molar-refractivity contribution in [2.45, 2.75) is 19.3 Å². The molecule has 0 aliphatic rings. The van der Waals surface area contributed by atoms with Crippen molar-refractivity contribution >= 4 is 0 Å². The van der Waals surface area contributed by atoms with Gasteiger partial charge in [-0.2, -0.15) is 26.3 Å². The van der Waals surface area contributed by atoms with Crippen molar-refractivity contribution in [2.75, 3.05) is 6.67 Å². The lowest BCUT2D eigenvalue weighted by Crippen LogP contribution is -2.49. The molecule has 0 atom stereocenters. The topological polar surface area (TPSA) is 0 Å². The molecule has 7 heteroatoms. The van der Waals surface area contributed by atoms with E-state index >= 15 is 0 Å². The lowest BCUT2D eigenvalue weighted by Gasteiger charge is -2.30. The van der Waals surface area contributed by atoms with Crippen molar-refractivity contribution in [3.63, 3.8) is 0 Å². The van der Waals surface area contributed by atoms with E-state index in [9.17, 15) is 30.7 Å². The predicted molar refractivity (Wildman–Crippen MR) is 26.2 cm³/mol. The van der Waals surface area contributed by atoms with E-state index in [4.69, 9.17) is 0 Å². The van der Waals surface area contributed by atoms with Crippen LogP contribution in [0.4, 0.5) is 30.7 Å². The molecular formula is C5H5F7. The van der Waals surface area contributed by atoms with E-state index in [0.717, 1.165) is 0 Å². The van der Waals surface area contributed by atoms with Gasteiger partial charge in [0.15, 0.2) is 5.41 Å². The lowest BCUT2D eigenvalue weighted by molar-refractivity contribution is -0.337. The standard InChI is InChI=1S/C5H5F7/c1-3(2-6,4(7,8)9)5(10,11)12/h2H2,1H3. The van der Waals surface area contributed by atoms with Crippen LogP contribution < -0.4 is 0 Å². The van der Waals surface area contributed by atoms with Crippen LogP contribution in [0.2, 0.25) is 0 Å². The van der Waals surface area contributed by atoms with Gasteiger partial charge in [-0.05, 0) is 6.92 Å². The van der Waals surface area contributed by atoms with Gasteiger partial charge in [-0.15, -0.1) is 0 Å². The summed E-state index contributed by atoms with van der Waals surface area (Å²) in [7, 11) is 0. The molecule has 12 heavy (non-hydrogen) atoms. The van der Waals surface area contributed by atoms with E-state index in [-0.39, 0.29) is 6.92 Å². The normalized spacial score (nSPS) is 15.0. The van der Waals surface area contributed by atoms with Crippen LogP contribution in [0.5, 0.6) is 0 Å². The third kappa shape index (κ3) is 1.64. The first kappa shape index (κ1) is 11.5. The fourth-order valence-electron chi connectivity index (χ4n) is 0.312. The summed E-state index contributed by atoms with van der Waals surface area (Å²) in [5.74, 6) is 0. The Kier molecular flexibility index (Phi) is 2.66. The molecule has 0 radical (unpaired) electrons. The van der Waals surface area contributed by atoms with E-state index in [1.54, 1.807) is 0 Å². The van der Waals surface area contributed by atoms with E-state index in [1.807, 2.05) is 0 Å². The first-order chi connectivity index (χ1) is 5.06. The molecule has 0 heterocycles. The molecule has 0 N–H and O–H groups in total. The van der Waals surface area contributed by atoms with Crippen molar-refractivity contribution in [1.29, 1.82) is 0 Å². The highest BCUT2D eigenvalue weighted by atomic mass is 19.4. The number of halogens is 7. The van der Waals surface area contributed by atoms with Gasteiger partial charge < -0.3 is 0 Å². The Morgan fingerprint density at radius 2 is 1.08 bits per heavy atom. The third-order valence-corrected chi connectivity index (χ3v) is 1.52. The van der Waals surface area contributed by atoms with Crippen molar-refractivity contribution in [1.82, 2.24) is 0 Å². The van der Waals surface area contributed by atoms with Gasteiger partial charge in [0.05, 0.1) is 0 Å². The SMILES string of the molecule is CC(CF)(C(F)(F)F)C(F)(F)F. The molecule has 0 spiro atoms. The molecule has 74 valence electrons. The lowest BCUT2D eigenvalue weighted by atomic mass is 9.91. The summed E-state index contributed by atoms with van der Waals surface area (Å²) < 4.78 is 81.4. The minimum absolute atomic E-state index is 0.215. The third-order valence-electron chi connectivity index (χ3n) is 1.52. The van der Waals surface area contributed by atoms with Gasteiger partial charge in [0.25, 0.3) is 0 Å². The number of rotatable bonds is 1. The average molecular weight is 198 g/mol. The smallest absolute Gasteiger partial charge is 0.250 e. The second-order valence-corrected chi connectivity index (χ2v) is 2.46. The van der Waals surface area contributed by atoms with Gasteiger partial charge in [-0.25, -0.2) is 4.39 Å². The van der Waals surface area contributed by atoms with Crippen LogP contribution in [0.1, 0.15) is 6.92 Å². The van der Waals surface area contributed by atoms with Gasteiger partial charge in [-0.3, -0.25) is 0 Å². The van der Waals surface area contributed by atoms with Gasteiger partial charge in [-0.1, -0.05) is 0 Å². The molecule has 0 fully saturated rings. The second kappa shape index (κ2) is 2.77. The summed E-state index contributed by atoms with van der Waals surface area (Å²) in [5, 5.41) is 0. The molecule has 0 bridgehead atoms. The van der Waals surface area contributed by atoms with Gasteiger partial charge >= 0.3 is 12.4 Å². The van der Waals surface area contributed by atoms with E-state index in [1.165, 1.54) is 0 Å². The van der Waals surface area contributed by atoms with Crippen molar-refractivity contribution in [3.8, 4) is 0 Å². The molecule has 0 nitrogen and oxygen atoms in total. The summed E-state index contributed by atoms with van der Waals surface area (Å²) in [4.78, 5) is 0. The maximum absolute atomic E-state index is 11.6. The van der Waals surface area contributed by atoms with Crippen LogP contribution >= 0.6 is 0 Å². The number of alkyl halides is 7. The van der Waals surface area contributed by atoms with E-state index < -0.39 is 24.4 Å². The van der Waals surface area contributed by atoms with Crippen LogP contribution in [-0.4, -0.2) is 19.0 Å². The summed E-state index contributed by atoms with van der Waals surface area (Å²) >= 11 is 0. The van der Waals surface area contributed by atoms with E-state index in [0.29, 0.717) is 0 Å². The van der Waals surface area contributed by atoms with Crippen molar-refractivity contribution in [3.05, 3.63) is 0 Å². The number of hydrogen-bond donors (Lipinski definition) is 0. The molecule has 0 aromatic carbocycles. The minimum Gasteiger partial charge on any atom is -0.250 e. The molecule has 0 unspecified atom stereocenters. The Hall–Kier alpha value is -0.490. The first-order valence-electron chi connectivity index (χ1n) is 2.75. The summed E-state index contributed by atoms with van der Waals surface area (Å²) in [5.41, 5.74) is -4.25. The monoisotopic (exact) mass is 198 g/mol. The maximum atomic E-state index is 11.6. The molecule has 0 saturated carbocycles. The highest BCUT2D eigenvalue weighted by Gasteiger charge is 2.67. The molecule has 0 amide bonds. The van der Waals surface area contributed by atoms with Crippen molar-refractivity contribution < 1.29 is 30.7 Å². The zero-order chi connectivity index (χ0) is 10.2. The fourth-order valence-corrected chi connectivity index (χ4v) is 0.312. The molecule has 0 rings (SSSR count). The minimum atomic E-state index is -5.61. The molecular weight excluding hydrogens is 193 g/mol. The van der Waals surface area contributed by atoms with Gasteiger partial charge in [0, 0.05) is 0 Å². The van der Waals surface area contributed by atoms with Crippen LogP contribution in [0.15, 0.2) is 0 Å². The predicted octanol–water partition coefficient (Wildman–Crippen LogP) is 3.09. The molecule has 0 aliphatic heterocycles. The highest BCUT2D eigenvalue weighted by Crippen LogP contribution is 2.49. The van der Waals surface area contributed by atoms with Gasteiger partial charge in [0.2, 0.25) is 0 Å². The molecule has 0 saturated heterocycles. The fraction of sp³-hybridized carbons (Fsp3) is 1.00. The molecule has 0 aliphatic carbocycles. The maximum Gasteiger partial charge on any atom is 0.405 e. The Labute approximate surface area is 63.4 Å². The largest absolute Gasteiger partial charge is 0.405 e. The summed E-state index contributed by atoms with van der Waals surface area (Å²) in [6.07, 6.45) is -11.2. The van der Waals surface area contributed by atoms with E-state index in [2.05, 4.69) is 0 Å². The van der Waals surface area contributed by atoms with Crippen LogP contribution in [0, 0.1) is 5.41 Å². The average Bonchev–Trinajstić information content (AvgIpc) is 1.81. The zero-order valence-electron chi connectivity index (χ0n) is 5.85. The zero-order valence-corrected chi connectivity index (χ0v) is 5.85. The van der Waals surface area contributed by atoms with Crippen molar-refractivity contribution in [2.24, 2.45) is 5.41 Å². The highest BCUT2D eigenvalue weighted by molar-refractivity contribution is 4.88. The first-order valence-corrected chi connectivity index (χ1v) is 2.75. The quantitative estimate of drug-likeness (QED) is 0.568. The summed E-state index contributed by atoms with van der Waals surface area (Å²) in [6.45, 7) is -2.72. The van der Waals surface area contributed by atoms with Gasteiger partial charge in [0.1, 0.15) is 6.67 Å². The number of hydrogen-bond acceptors (Lipinski definition) is 0. The Morgan fingerprint density at radius 1 is 0.833 bits per heavy atom. The van der Waals surface area contributed by atoms with Crippen LogP contribution in [-0.2, 0) is 0 Å². The van der Waals surface area contributed by atoms with Crippen LogP contribution in [0.25, 0.3) is 0 Å². The second-order valence-electron chi connectivity index (χ2n) is 2.46. The molecule has 0 aromatic rings. The van der Waals surface area contributed by atoms with Crippen LogP contribution in [0.3, 0.4) is 0 Å². The molecule has 0 aromatic heterocycles. The summed E-state index contributed by atoms with van der Waals surface area (Å²) in [6, 6.07) is 0.